The zero-order chi connectivity index (χ0) is 18.6. The van der Waals surface area contributed by atoms with E-state index in [1.807, 2.05) is 55.5 Å². The van der Waals surface area contributed by atoms with E-state index in [0.717, 1.165) is 27.2 Å². The van der Waals surface area contributed by atoms with Gasteiger partial charge in [-0.1, -0.05) is 30.3 Å². The lowest BCUT2D eigenvalue weighted by atomic mass is 10.2. The quantitative estimate of drug-likeness (QED) is 0.489. The SMILES string of the molecule is CCOc1ccc(NC(=O)c2cc3sccc3n2Cc2ccccc2)cc1. The summed E-state index contributed by atoms with van der Waals surface area (Å²) in [6, 6.07) is 21.7. The maximum Gasteiger partial charge on any atom is 0.272 e. The number of hydrogen-bond acceptors (Lipinski definition) is 3. The van der Waals surface area contributed by atoms with Crippen LogP contribution in [0.15, 0.2) is 72.1 Å². The number of hydrogen-bond donors (Lipinski definition) is 1. The fourth-order valence-electron chi connectivity index (χ4n) is 3.10. The number of benzene rings is 2. The second kappa shape index (κ2) is 7.68. The predicted octanol–water partition coefficient (Wildman–Crippen LogP) is 5.40. The number of fused-ring (bicyclic) bond motifs is 1. The van der Waals surface area contributed by atoms with Gasteiger partial charge in [-0.2, -0.15) is 0 Å². The summed E-state index contributed by atoms with van der Waals surface area (Å²) in [6.07, 6.45) is 0. The third-order valence-corrected chi connectivity index (χ3v) is 5.22. The molecule has 0 saturated heterocycles. The third-order valence-electron chi connectivity index (χ3n) is 4.36. The molecule has 0 bridgehead atoms. The van der Waals surface area contributed by atoms with Crippen LogP contribution in [-0.4, -0.2) is 17.1 Å². The van der Waals surface area contributed by atoms with E-state index in [2.05, 4.69) is 33.5 Å². The maximum absolute atomic E-state index is 12.9. The number of amides is 1. The van der Waals surface area contributed by atoms with Gasteiger partial charge in [0.15, 0.2) is 0 Å². The number of anilines is 1. The lowest BCUT2D eigenvalue weighted by Crippen LogP contribution is -2.17. The van der Waals surface area contributed by atoms with Crippen LogP contribution >= 0.6 is 11.3 Å². The molecule has 0 spiro atoms. The number of ether oxygens (including phenoxy) is 1. The number of thiophene rings is 1. The van der Waals surface area contributed by atoms with Crippen LogP contribution in [0.25, 0.3) is 10.2 Å². The van der Waals surface area contributed by atoms with Crippen molar-refractivity contribution in [1.29, 1.82) is 0 Å². The molecule has 0 fully saturated rings. The van der Waals surface area contributed by atoms with Gasteiger partial charge >= 0.3 is 0 Å². The fraction of sp³-hybridized carbons (Fsp3) is 0.136. The molecule has 0 aliphatic rings. The molecule has 4 rings (SSSR count). The van der Waals surface area contributed by atoms with Crippen molar-refractivity contribution in [2.24, 2.45) is 0 Å². The standard InChI is InChI=1S/C22H20N2O2S/c1-2-26-18-10-8-17(9-11-18)23-22(25)20-14-21-19(12-13-27-21)24(20)15-16-6-4-3-5-7-16/h3-14H,2,15H2,1H3,(H,23,25). The molecule has 2 aromatic carbocycles. The number of nitrogens with zero attached hydrogens (tertiary/aromatic N) is 1. The molecule has 0 radical (unpaired) electrons. The van der Waals surface area contributed by atoms with Crippen LogP contribution in [-0.2, 0) is 6.54 Å². The molecule has 136 valence electrons. The molecule has 0 aliphatic heterocycles. The van der Waals surface area contributed by atoms with Crippen molar-refractivity contribution in [2.45, 2.75) is 13.5 Å². The largest absolute Gasteiger partial charge is 0.494 e. The first-order chi connectivity index (χ1) is 13.2. The first kappa shape index (κ1) is 17.4. The minimum Gasteiger partial charge on any atom is -0.494 e. The van der Waals surface area contributed by atoms with Crippen molar-refractivity contribution >= 4 is 33.1 Å². The highest BCUT2D eigenvalue weighted by molar-refractivity contribution is 7.17. The summed E-state index contributed by atoms with van der Waals surface area (Å²) in [7, 11) is 0. The monoisotopic (exact) mass is 376 g/mol. The molecule has 4 aromatic rings. The third kappa shape index (κ3) is 3.73. The number of carbonyl (C=O) groups is 1. The lowest BCUT2D eigenvalue weighted by Gasteiger charge is -2.11. The summed E-state index contributed by atoms with van der Waals surface area (Å²) < 4.78 is 8.64. The fourth-order valence-corrected chi connectivity index (χ4v) is 3.92. The number of carbonyl (C=O) groups excluding carboxylic acids is 1. The van der Waals surface area contributed by atoms with Gasteiger partial charge in [-0.25, -0.2) is 0 Å². The Hall–Kier alpha value is -3.05. The molecule has 1 N–H and O–H groups in total. The van der Waals surface area contributed by atoms with Gasteiger partial charge < -0.3 is 14.6 Å². The average Bonchev–Trinajstić information content (AvgIpc) is 3.27. The smallest absolute Gasteiger partial charge is 0.272 e. The van der Waals surface area contributed by atoms with Gasteiger partial charge in [-0.05, 0) is 54.3 Å². The normalized spacial score (nSPS) is 10.9. The van der Waals surface area contributed by atoms with Crippen molar-refractivity contribution < 1.29 is 9.53 Å². The maximum atomic E-state index is 12.9. The van der Waals surface area contributed by atoms with E-state index in [-0.39, 0.29) is 5.91 Å². The Morgan fingerprint density at radius 1 is 1.07 bits per heavy atom. The van der Waals surface area contributed by atoms with Crippen molar-refractivity contribution in [3.05, 3.63) is 83.4 Å². The van der Waals surface area contributed by atoms with Crippen molar-refractivity contribution in [1.82, 2.24) is 4.57 Å². The molecule has 0 atom stereocenters. The van der Waals surface area contributed by atoms with Gasteiger partial charge in [0.05, 0.1) is 16.8 Å². The van der Waals surface area contributed by atoms with E-state index in [1.165, 1.54) is 0 Å². The summed E-state index contributed by atoms with van der Waals surface area (Å²) in [5.41, 5.74) is 3.66. The second-order valence-corrected chi connectivity index (χ2v) is 7.13. The van der Waals surface area contributed by atoms with E-state index in [0.29, 0.717) is 18.8 Å². The Morgan fingerprint density at radius 2 is 1.85 bits per heavy atom. The van der Waals surface area contributed by atoms with Crippen LogP contribution in [0.5, 0.6) is 5.75 Å². The average molecular weight is 376 g/mol. The minimum absolute atomic E-state index is 0.113. The Balaban J connectivity index is 1.61. The zero-order valence-corrected chi connectivity index (χ0v) is 15.8. The van der Waals surface area contributed by atoms with E-state index >= 15 is 0 Å². The van der Waals surface area contributed by atoms with Gasteiger partial charge in [0.25, 0.3) is 5.91 Å². The molecule has 27 heavy (non-hydrogen) atoms. The minimum atomic E-state index is -0.113. The second-order valence-electron chi connectivity index (χ2n) is 6.18. The van der Waals surface area contributed by atoms with Gasteiger partial charge in [0.1, 0.15) is 11.4 Å². The van der Waals surface area contributed by atoms with E-state index in [1.54, 1.807) is 11.3 Å². The molecule has 2 aromatic heterocycles. The highest BCUT2D eigenvalue weighted by Gasteiger charge is 2.17. The Labute approximate surface area is 162 Å². The van der Waals surface area contributed by atoms with E-state index < -0.39 is 0 Å². The molecule has 0 saturated carbocycles. The molecule has 0 unspecified atom stereocenters. The summed E-state index contributed by atoms with van der Waals surface area (Å²) in [5.74, 6) is 0.682. The van der Waals surface area contributed by atoms with Crippen LogP contribution in [0.1, 0.15) is 23.0 Å². The summed E-state index contributed by atoms with van der Waals surface area (Å²) >= 11 is 1.65. The number of rotatable bonds is 6. The van der Waals surface area contributed by atoms with Gasteiger partial charge in [0, 0.05) is 12.2 Å². The van der Waals surface area contributed by atoms with Crippen LogP contribution < -0.4 is 10.1 Å². The first-order valence-electron chi connectivity index (χ1n) is 8.89. The van der Waals surface area contributed by atoms with Crippen molar-refractivity contribution in [3.63, 3.8) is 0 Å². The Morgan fingerprint density at radius 3 is 2.59 bits per heavy atom. The lowest BCUT2D eigenvalue weighted by molar-refractivity contribution is 0.101. The number of aromatic nitrogens is 1. The van der Waals surface area contributed by atoms with Gasteiger partial charge in [-0.15, -0.1) is 11.3 Å². The highest BCUT2D eigenvalue weighted by Crippen LogP contribution is 2.27. The summed E-state index contributed by atoms with van der Waals surface area (Å²) in [5, 5.41) is 5.05. The number of nitrogens with one attached hydrogen (secondary N) is 1. The van der Waals surface area contributed by atoms with Crippen LogP contribution in [0.4, 0.5) is 5.69 Å². The molecular weight excluding hydrogens is 356 g/mol. The topological polar surface area (TPSA) is 43.3 Å². The Kier molecular flexibility index (Phi) is 4.94. The molecule has 5 heteroatoms. The van der Waals surface area contributed by atoms with Crippen molar-refractivity contribution in [3.8, 4) is 5.75 Å². The predicted molar refractivity (Wildman–Crippen MR) is 111 cm³/mol. The van der Waals surface area contributed by atoms with Gasteiger partial charge in [0.2, 0.25) is 0 Å². The van der Waals surface area contributed by atoms with Crippen LogP contribution in [0, 0.1) is 0 Å². The van der Waals surface area contributed by atoms with Crippen molar-refractivity contribution in [2.75, 3.05) is 11.9 Å². The molecule has 1 amide bonds. The highest BCUT2D eigenvalue weighted by atomic mass is 32.1. The molecule has 0 aliphatic carbocycles. The van der Waals surface area contributed by atoms with Crippen LogP contribution in [0.3, 0.4) is 0 Å². The molecule has 2 heterocycles. The summed E-state index contributed by atoms with van der Waals surface area (Å²) in [4.78, 5) is 12.9. The molecule has 4 nitrogen and oxygen atoms in total. The molecular formula is C22H20N2O2S. The first-order valence-corrected chi connectivity index (χ1v) is 9.77. The van der Waals surface area contributed by atoms with Gasteiger partial charge in [-0.3, -0.25) is 4.79 Å². The Bertz CT molecular complexity index is 1050. The zero-order valence-electron chi connectivity index (χ0n) is 15.0. The van der Waals surface area contributed by atoms with Crippen LogP contribution in [0.2, 0.25) is 0 Å². The van der Waals surface area contributed by atoms with E-state index in [9.17, 15) is 4.79 Å². The summed E-state index contributed by atoms with van der Waals surface area (Å²) in [6.45, 7) is 3.23. The van der Waals surface area contributed by atoms with E-state index in [4.69, 9.17) is 4.74 Å².